The van der Waals surface area contributed by atoms with Crippen LogP contribution in [0.25, 0.3) is 0 Å². The van der Waals surface area contributed by atoms with E-state index in [0.29, 0.717) is 29.3 Å². The van der Waals surface area contributed by atoms with Crippen LogP contribution in [-0.2, 0) is 6.54 Å². The molecular formula is C27H24N6O2. The molecule has 1 aliphatic rings. The van der Waals surface area contributed by atoms with Gasteiger partial charge in [-0.25, -0.2) is 9.97 Å². The molecule has 2 aromatic carbocycles. The fourth-order valence-electron chi connectivity index (χ4n) is 4.04. The zero-order chi connectivity index (χ0) is 24.4. The second-order valence-electron chi connectivity index (χ2n) is 8.35. The van der Waals surface area contributed by atoms with E-state index >= 15 is 0 Å². The fraction of sp³-hybridized carbons (Fsp3) is 0.111. The number of nitrogens with one attached hydrogen (secondary N) is 2. The van der Waals surface area contributed by atoms with E-state index in [1.54, 1.807) is 40.3 Å². The minimum absolute atomic E-state index is 0.177. The van der Waals surface area contributed by atoms with Crippen LogP contribution in [0.4, 0.5) is 28.7 Å². The number of pyridine rings is 2. The molecule has 0 atom stereocenters. The van der Waals surface area contributed by atoms with Crippen molar-refractivity contribution >= 4 is 40.5 Å². The van der Waals surface area contributed by atoms with Gasteiger partial charge in [-0.05, 0) is 48.0 Å². The van der Waals surface area contributed by atoms with Crippen LogP contribution in [0.2, 0.25) is 0 Å². The molecule has 0 saturated heterocycles. The van der Waals surface area contributed by atoms with E-state index in [2.05, 4.69) is 20.6 Å². The molecule has 8 heteroatoms. The number of rotatable bonds is 4. The third kappa shape index (κ3) is 4.41. The third-order valence-corrected chi connectivity index (χ3v) is 5.76. The lowest BCUT2D eigenvalue weighted by molar-refractivity contribution is 0.0984. The number of anilines is 5. The van der Waals surface area contributed by atoms with Crippen molar-refractivity contribution in [2.75, 3.05) is 34.5 Å². The SMILES string of the molecule is CN(C)c1ncccc1C(=O)Nc1ccc(C(=O)N2Cc3ccccc3Nc3ccccc32)cn1. The van der Waals surface area contributed by atoms with Crippen molar-refractivity contribution in [2.24, 2.45) is 0 Å². The summed E-state index contributed by atoms with van der Waals surface area (Å²) in [6.07, 6.45) is 3.13. The number of nitrogens with zero attached hydrogens (tertiary/aromatic N) is 4. The Hall–Kier alpha value is -4.72. The van der Waals surface area contributed by atoms with Crippen LogP contribution in [0.1, 0.15) is 26.3 Å². The summed E-state index contributed by atoms with van der Waals surface area (Å²) in [7, 11) is 3.65. The number of carbonyl (C=O) groups excluding carboxylic acids is 2. The van der Waals surface area contributed by atoms with Crippen molar-refractivity contribution in [3.63, 3.8) is 0 Å². The predicted octanol–water partition coefficient (Wildman–Crippen LogP) is 4.70. The van der Waals surface area contributed by atoms with E-state index in [9.17, 15) is 9.59 Å². The monoisotopic (exact) mass is 464 g/mol. The Balaban J connectivity index is 1.39. The van der Waals surface area contributed by atoms with Gasteiger partial charge in [0.1, 0.15) is 11.6 Å². The number of carbonyl (C=O) groups is 2. The Morgan fingerprint density at radius 2 is 1.69 bits per heavy atom. The molecular weight excluding hydrogens is 440 g/mol. The number of hydrogen-bond acceptors (Lipinski definition) is 6. The van der Waals surface area contributed by atoms with Gasteiger partial charge in [-0.3, -0.25) is 9.59 Å². The molecule has 0 bridgehead atoms. The summed E-state index contributed by atoms with van der Waals surface area (Å²) in [5.74, 6) is 0.412. The van der Waals surface area contributed by atoms with Crippen molar-refractivity contribution < 1.29 is 9.59 Å². The molecule has 0 spiro atoms. The van der Waals surface area contributed by atoms with Gasteiger partial charge in [0.05, 0.1) is 29.0 Å². The van der Waals surface area contributed by atoms with Gasteiger partial charge >= 0.3 is 0 Å². The van der Waals surface area contributed by atoms with Crippen molar-refractivity contribution in [1.82, 2.24) is 9.97 Å². The molecule has 0 radical (unpaired) electrons. The molecule has 4 aromatic rings. The summed E-state index contributed by atoms with van der Waals surface area (Å²) in [5.41, 5.74) is 4.50. The Morgan fingerprint density at radius 1 is 0.914 bits per heavy atom. The maximum Gasteiger partial charge on any atom is 0.260 e. The lowest BCUT2D eigenvalue weighted by Crippen LogP contribution is -2.30. The van der Waals surface area contributed by atoms with E-state index in [0.717, 1.165) is 22.6 Å². The summed E-state index contributed by atoms with van der Waals surface area (Å²) in [6, 6.07) is 22.4. The predicted molar refractivity (Wildman–Crippen MR) is 137 cm³/mol. The fourth-order valence-corrected chi connectivity index (χ4v) is 4.04. The summed E-state index contributed by atoms with van der Waals surface area (Å²) in [6.45, 7) is 0.422. The molecule has 0 fully saturated rings. The normalized spacial score (nSPS) is 12.0. The van der Waals surface area contributed by atoms with Gasteiger partial charge in [0.25, 0.3) is 11.8 Å². The molecule has 3 heterocycles. The Morgan fingerprint density at radius 3 is 2.46 bits per heavy atom. The highest BCUT2D eigenvalue weighted by Gasteiger charge is 2.25. The molecule has 0 unspecified atom stereocenters. The van der Waals surface area contributed by atoms with Crippen molar-refractivity contribution in [3.8, 4) is 0 Å². The largest absolute Gasteiger partial charge is 0.362 e. The molecule has 2 aromatic heterocycles. The van der Waals surface area contributed by atoms with Gasteiger partial charge in [-0.2, -0.15) is 0 Å². The lowest BCUT2D eigenvalue weighted by atomic mass is 10.1. The quantitative estimate of drug-likeness (QED) is 0.455. The first-order valence-electron chi connectivity index (χ1n) is 11.2. The molecule has 174 valence electrons. The molecule has 35 heavy (non-hydrogen) atoms. The number of amides is 2. The average molecular weight is 465 g/mol. The summed E-state index contributed by atoms with van der Waals surface area (Å²) < 4.78 is 0. The first-order chi connectivity index (χ1) is 17.0. The summed E-state index contributed by atoms with van der Waals surface area (Å²) in [4.78, 5) is 38.5. The second kappa shape index (κ2) is 9.26. The van der Waals surface area contributed by atoms with Gasteiger partial charge in [-0.15, -0.1) is 0 Å². The maximum absolute atomic E-state index is 13.6. The highest BCUT2D eigenvalue weighted by atomic mass is 16.2. The molecule has 0 aliphatic carbocycles. The van der Waals surface area contributed by atoms with Gasteiger partial charge in [0, 0.05) is 32.2 Å². The van der Waals surface area contributed by atoms with Crippen molar-refractivity contribution in [2.45, 2.75) is 6.54 Å². The Labute approximate surface area is 203 Å². The second-order valence-corrected chi connectivity index (χ2v) is 8.35. The van der Waals surface area contributed by atoms with Crippen LogP contribution in [-0.4, -0.2) is 35.9 Å². The van der Waals surface area contributed by atoms with Crippen LogP contribution < -0.4 is 20.4 Å². The smallest absolute Gasteiger partial charge is 0.260 e. The Bertz CT molecular complexity index is 1400. The van der Waals surface area contributed by atoms with Crippen molar-refractivity contribution in [3.05, 3.63) is 102 Å². The molecule has 1 aliphatic heterocycles. The van der Waals surface area contributed by atoms with Crippen LogP contribution in [0, 0.1) is 0 Å². The molecule has 8 nitrogen and oxygen atoms in total. The van der Waals surface area contributed by atoms with Gasteiger partial charge in [0.2, 0.25) is 0 Å². The maximum atomic E-state index is 13.6. The Kier molecular flexibility index (Phi) is 5.85. The molecule has 2 amide bonds. The van der Waals surface area contributed by atoms with E-state index in [1.807, 2.05) is 62.6 Å². The summed E-state index contributed by atoms with van der Waals surface area (Å²) in [5, 5.41) is 6.22. The molecule has 0 saturated carbocycles. The lowest BCUT2D eigenvalue weighted by Gasteiger charge is -2.22. The number of aromatic nitrogens is 2. The average Bonchev–Trinajstić information content (AvgIpc) is 3.05. The van der Waals surface area contributed by atoms with Crippen LogP contribution in [0.3, 0.4) is 0 Å². The number of benzene rings is 2. The molecule has 5 rings (SSSR count). The highest BCUT2D eigenvalue weighted by molar-refractivity contribution is 6.09. The van der Waals surface area contributed by atoms with Crippen molar-refractivity contribution in [1.29, 1.82) is 0 Å². The van der Waals surface area contributed by atoms with Crippen LogP contribution >= 0.6 is 0 Å². The third-order valence-electron chi connectivity index (χ3n) is 5.76. The van der Waals surface area contributed by atoms with Gasteiger partial charge < -0.3 is 20.4 Å². The number of para-hydroxylation sites is 3. The highest BCUT2D eigenvalue weighted by Crippen LogP contribution is 2.36. The zero-order valence-electron chi connectivity index (χ0n) is 19.4. The zero-order valence-corrected chi connectivity index (χ0v) is 19.4. The minimum Gasteiger partial charge on any atom is -0.362 e. The number of fused-ring (bicyclic) bond motifs is 2. The summed E-state index contributed by atoms with van der Waals surface area (Å²) >= 11 is 0. The first kappa shape index (κ1) is 22.1. The van der Waals surface area contributed by atoms with Crippen LogP contribution in [0.5, 0.6) is 0 Å². The van der Waals surface area contributed by atoms with E-state index in [4.69, 9.17) is 0 Å². The topological polar surface area (TPSA) is 90.5 Å². The standard InChI is InChI=1S/C27H24N6O2/c1-32(2)25-20(9-7-15-28-25)26(34)31-24-14-13-18(16-29-24)27(35)33-17-19-8-3-4-10-21(19)30-22-11-5-6-12-23(22)33/h3-16,30H,17H2,1-2H3,(H,29,31,34). The van der Waals surface area contributed by atoms with Crippen LogP contribution in [0.15, 0.2) is 85.2 Å². The van der Waals surface area contributed by atoms with E-state index in [1.165, 1.54) is 6.20 Å². The minimum atomic E-state index is -0.322. The molecule has 2 N–H and O–H groups in total. The van der Waals surface area contributed by atoms with E-state index < -0.39 is 0 Å². The first-order valence-corrected chi connectivity index (χ1v) is 11.2. The number of hydrogen-bond donors (Lipinski definition) is 2. The van der Waals surface area contributed by atoms with Gasteiger partial charge in [-0.1, -0.05) is 30.3 Å². The van der Waals surface area contributed by atoms with Gasteiger partial charge in [0.15, 0.2) is 0 Å². The van der Waals surface area contributed by atoms with E-state index in [-0.39, 0.29) is 11.8 Å².